The Kier molecular flexibility index (Phi) is 4.68. The lowest BCUT2D eigenvalue weighted by atomic mass is 9.91. The molecule has 0 spiro atoms. The Bertz CT molecular complexity index is 1020. The predicted octanol–water partition coefficient (Wildman–Crippen LogP) is 2.28. The van der Waals surface area contributed by atoms with E-state index in [2.05, 4.69) is 28.8 Å². The average molecular weight is 377 g/mol. The Hall–Kier alpha value is -3.06. The maximum absolute atomic E-state index is 12.8. The standard InChI is InChI=1S/C21H23N5O2/c1-21(2)13-25(12-17(27)15-6-4-3-5-7-15)19-23-18(16-8-10-22-11-9-16)24-20(28)26(19)14-21/h3-11,17,27H,12-14H2,1-2H3/t17-/m0/s1. The molecule has 0 fully saturated rings. The number of hydrogen-bond acceptors (Lipinski definition) is 6. The molecule has 0 saturated carbocycles. The number of rotatable bonds is 4. The van der Waals surface area contributed by atoms with E-state index in [-0.39, 0.29) is 11.1 Å². The first-order chi connectivity index (χ1) is 13.4. The van der Waals surface area contributed by atoms with Crippen molar-refractivity contribution in [3.8, 4) is 11.4 Å². The zero-order chi connectivity index (χ0) is 19.7. The summed E-state index contributed by atoms with van der Waals surface area (Å²) >= 11 is 0. The molecule has 28 heavy (non-hydrogen) atoms. The van der Waals surface area contributed by atoms with Gasteiger partial charge in [0, 0.05) is 36.5 Å². The highest BCUT2D eigenvalue weighted by Gasteiger charge is 2.33. The van der Waals surface area contributed by atoms with Crippen LogP contribution in [0.15, 0.2) is 59.7 Å². The lowest BCUT2D eigenvalue weighted by molar-refractivity contribution is 0.171. The number of anilines is 1. The van der Waals surface area contributed by atoms with Crippen LogP contribution in [0.4, 0.5) is 5.95 Å². The van der Waals surface area contributed by atoms with Gasteiger partial charge in [0.05, 0.1) is 12.6 Å². The third kappa shape index (κ3) is 3.66. The molecular weight excluding hydrogens is 354 g/mol. The van der Waals surface area contributed by atoms with Crippen LogP contribution in [-0.4, -0.2) is 37.7 Å². The van der Waals surface area contributed by atoms with Crippen molar-refractivity contribution in [3.05, 3.63) is 70.9 Å². The van der Waals surface area contributed by atoms with E-state index in [1.807, 2.05) is 35.2 Å². The zero-order valence-electron chi connectivity index (χ0n) is 16.0. The van der Waals surface area contributed by atoms with Crippen LogP contribution in [0.1, 0.15) is 25.5 Å². The van der Waals surface area contributed by atoms with Gasteiger partial charge in [0.1, 0.15) is 0 Å². The molecule has 1 aliphatic heterocycles. The van der Waals surface area contributed by atoms with Gasteiger partial charge in [0.2, 0.25) is 5.95 Å². The highest BCUT2D eigenvalue weighted by atomic mass is 16.3. The zero-order valence-corrected chi connectivity index (χ0v) is 16.0. The van der Waals surface area contributed by atoms with Gasteiger partial charge in [-0.3, -0.25) is 9.55 Å². The minimum atomic E-state index is -0.682. The van der Waals surface area contributed by atoms with Crippen LogP contribution in [0.5, 0.6) is 0 Å². The van der Waals surface area contributed by atoms with E-state index in [4.69, 9.17) is 0 Å². The molecule has 1 aliphatic rings. The van der Waals surface area contributed by atoms with Crippen LogP contribution < -0.4 is 10.6 Å². The summed E-state index contributed by atoms with van der Waals surface area (Å²) in [6.45, 7) is 5.76. The van der Waals surface area contributed by atoms with Crippen molar-refractivity contribution >= 4 is 5.95 Å². The summed E-state index contributed by atoms with van der Waals surface area (Å²) in [6.07, 6.45) is 2.61. The highest BCUT2D eigenvalue weighted by Crippen LogP contribution is 2.31. The number of hydrogen-bond donors (Lipinski definition) is 1. The van der Waals surface area contributed by atoms with Crippen LogP contribution in [0, 0.1) is 5.41 Å². The summed E-state index contributed by atoms with van der Waals surface area (Å²) in [4.78, 5) is 27.6. The number of nitrogens with zero attached hydrogens (tertiary/aromatic N) is 5. The fourth-order valence-electron chi connectivity index (χ4n) is 3.63. The van der Waals surface area contributed by atoms with Crippen LogP contribution in [0.2, 0.25) is 0 Å². The molecule has 0 radical (unpaired) electrons. The molecule has 0 unspecified atom stereocenters. The Morgan fingerprint density at radius 2 is 1.79 bits per heavy atom. The second-order valence-corrected chi connectivity index (χ2v) is 7.92. The first-order valence-corrected chi connectivity index (χ1v) is 9.30. The molecule has 7 heteroatoms. The van der Waals surface area contributed by atoms with Crippen LogP contribution in [0.25, 0.3) is 11.4 Å². The molecule has 0 saturated heterocycles. The fraction of sp³-hybridized carbons (Fsp3) is 0.333. The molecule has 3 heterocycles. The van der Waals surface area contributed by atoms with E-state index >= 15 is 0 Å². The maximum Gasteiger partial charge on any atom is 0.352 e. The second-order valence-electron chi connectivity index (χ2n) is 7.92. The van der Waals surface area contributed by atoms with Gasteiger partial charge in [-0.15, -0.1) is 0 Å². The molecule has 0 aliphatic carbocycles. The van der Waals surface area contributed by atoms with E-state index in [0.29, 0.717) is 31.4 Å². The number of aliphatic hydroxyl groups excluding tert-OH is 1. The third-order valence-corrected chi connectivity index (χ3v) is 4.88. The van der Waals surface area contributed by atoms with Gasteiger partial charge in [0.25, 0.3) is 0 Å². The molecule has 3 aromatic rings. The largest absolute Gasteiger partial charge is 0.387 e. The fourth-order valence-corrected chi connectivity index (χ4v) is 3.63. The molecule has 2 aromatic heterocycles. The first kappa shape index (κ1) is 18.3. The average Bonchev–Trinajstić information content (AvgIpc) is 2.69. The van der Waals surface area contributed by atoms with Gasteiger partial charge in [-0.05, 0) is 17.7 Å². The number of aliphatic hydroxyl groups is 1. The Balaban J connectivity index is 1.74. The van der Waals surface area contributed by atoms with Gasteiger partial charge in [-0.2, -0.15) is 9.97 Å². The Morgan fingerprint density at radius 3 is 2.50 bits per heavy atom. The number of pyridine rings is 1. The summed E-state index contributed by atoms with van der Waals surface area (Å²) in [7, 11) is 0. The van der Waals surface area contributed by atoms with E-state index < -0.39 is 6.10 Å². The molecule has 4 rings (SSSR count). The van der Waals surface area contributed by atoms with Crippen molar-refractivity contribution < 1.29 is 5.11 Å². The molecular formula is C21H23N5O2. The maximum atomic E-state index is 12.8. The summed E-state index contributed by atoms with van der Waals surface area (Å²) in [5.41, 5.74) is 1.10. The molecule has 144 valence electrons. The summed E-state index contributed by atoms with van der Waals surface area (Å²) in [6, 6.07) is 13.1. The number of aromatic nitrogens is 4. The SMILES string of the molecule is CC1(C)CN(C[C@H](O)c2ccccc2)c2nc(-c3ccncc3)nc(=O)n2C1. The summed E-state index contributed by atoms with van der Waals surface area (Å²) in [5, 5.41) is 10.7. The number of fused-ring (bicyclic) bond motifs is 1. The van der Waals surface area contributed by atoms with E-state index in [0.717, 1.165) is 11.1 Å². The molecule has 0 amide bonds. The number of β-amino-alcohol motifs (C(OH)–C–C–N with tert-alkyl or cyclic N) is 1. The van der Waals surface area contributed by atoms with Gasteiger partial charge in [-0.25, -0.2) is 4.79 Å². The second kappa shape index (κ2) is 7.16. The van der Waals surface area contributed by atoms with Crippen LogP contribution >= 0.6 is 0 Å². The Morgan fingerprint density at radius 1 is 1.07 bits per heavy atom. The predicted molar refractivity (Wildman–Crippen MR) is 107 cm³/mol. The van der Waals surface area contributed by atoms with Crippen molar-refractivity contribution in [1.29, 1.82) is 0 Å². The monoisotopic (exact) mass is 377 g/mol. The minimum absolute atomic E-state index is 0.144. The van der Waals surface area contributed by atoms with Crippen molar-refractivity contribution in [2.75, 3.05) is 18.0 Å². The molecule has 0 bridgehead atoms. The van der Waals surface area contributed by atoms with Crippen LogP contribution in [-0.2, 0) is 6.54 Å². The lowest BCUT2D eigenvalue weighted by Crippen LogP contribution is -2.49. The minimum Gasteiger partial charge on any atom is -0.387 e. The van der Waals surface area contributed by atoms with Gasteiger partial charge >= 0.3 is 5.69 Å². The summed E-state index contributed by atoms with van der Waals surface area (Å²) in [5.74, 6) is 0.915. The van der Waals surface area contributed by atoms with Crippen molar-refractivity contribution in [2.45, 2.75) is 26.5 Å². The molecule has 1 atom stereocenters. The first-order valence-electron chi connectivity index (χ1n) is 9.30. The summed E-state index contributed by atoms with van der Waals surface area (Å²) < 4.78 is 1.60. The molecule has 7 nitrogen and oxygen atoms in total. The van der Waals surface area contributed by atoms with E-state index in [1.165, 1.54) is 0 Å². The van der Waals surface area contributed by atoms with Crippen molar-refractivity contribution in [3.63, 3.8) is 0 Å². The Labute approximate surface area is 163 Å². The third-order valence-electron chi connectivity index (χ3n) is 4.88. The van der Waals surface area contributed by atoms with E-state index in [9.17, 15) is 9.90 Å². The van der Waals surface area contributed by atoms with Gasteiger partial charge in [-0.1, -0.05) is 44.2 Å². The topological polar surface area (TPSA) is 84.1 Å². The quantitative estimate of drug-likeness (QED) is 0.751. The van der Waals surface area contributed by atoms with Gasteiger partial charge < -0.3 is 10.0 Å². The molecule has 1 aromatic carbocycles. The number of benzene rings is 1. The van der Waals surface area contributed by atoms with Crippen molar-refractivity contribution in [2.24, 2.45) is 5.41 Å². The molecule has 1 N–H and O–H groups in total. The normalized spacial score (nSPS) is 16.5. The highest BCUT2D eigenvalue weighted by molar-refractivity contribution is 5.55. The smallest absolute Gasteiger partial charge is 0.352 e. The van der Waals surface area contributed by atoms with Crippen LogP contribution in [0.3, 0.4) is 0 Å². The van der Waals surface area contributed by atoms with Crippen molar-refractivity contribution in [1.82, 2.24) is 19.5 Å². The van der Waals surface area contributed by atoms with Gasteiger partial charge in [0.15, 0.2) is 5.82 Å². The van der Waals surface area contributed by atoms with E-state index in [1.54, 1.807) is 29.1 Å². The lowest BCUT2D eigenvalue weighted by Gasteiger charge is -2.40.